The summed E-state index contributed by atoms with van der Waals surface area (Å²) in [6.07, 6.45) is 0. The second-order valence-electron chi connectivity index (χ2n) is 4.05. The number of hydrogen-bond acceptors (Lipinski definition) is 4. The van der Waals surface area contributed by atoms with Gasteiger partial charge in [-0.05, 0) is 31.8 Å². The molecule has 1 aromatic heterocycles. The topological polar surface area (TPSA) is 64.1 Å². The van der Waals surface area contributed by atoms with Crippen LogP contribution in [0.3, 0.4) is 0 Å². The van der Waals surface area contributed by atoms with Gasteiger partial charge in [0.15, 0.2) is 5.76 Å². The molecule has 70 valence electrons. The molecular weight excluding hydrogens is 166 g/mol. The summed E-state index contributed by atoms with van der Waals surface area (Å²) in [5, 5.41) is 7.38. The lowest BCUT2D eigenvalue weighted by atomic mass is 10.1. The van der Waals surface area contributed by atoms with Crippen LogP contribution in [0.2, 0.25) is 0 Å². The van der Waals surface area contributed by atoms with Crippen LogP contribution in [-0.4, -0.2) is 18.2 Å². The summed E-state index contributed by atoms with van der Waals surface area (Å²) in [6.45, 7) is 4.09. The Bertz CT molecular complexity index is 337. The predicted octanol–water partition coefficient (Wildman–Crippen LogP) is 0.498. The smallest absolute Gasteiger partial charge is 0.156 e. The fourth-order valence-corrected chi connectivity index (χ4v) is 2.46. The number of nitrogens with one attached hydrogen (secondary N) is 1. The Morgan fingerprint density at radius 1 is 1.46 bits per heavy atom. The van der Waals surface area contributed by atoms with E-state index in [-0.39, 0.29) is 0 Å². The van der Waals surface area contributed by atoms with Crippen LogP contribution in [-0.2, 0) is 0 Å². The Hall–Kier alpha value is -1.03. The first-order valence-electron chi connectivity index (χ1n) is 4.71. The third kappa shape index (κ3) is 0.864. The summed E-state index contributed by atoms with van der Waals surface area (Å²) in [7, 11) is 0. The summed E-state index contributed by atoms with van der Waals surface area (Å²) >= 11 is 0. The summed E-state index contributed by atoms with van der Waals surface area (Å²) in [5.74, 6) is 2.84. The molecule has 4 heteroatoms. The van der Waals surface area contributed by atoms with Crippen LogP contribution in [0.15, 0.2) is 4.52 Å². The maximum atomic E-state index is 5.87. The fraction of sp³-hybridized carbons (Fsp3) is 0.667. The first kappa shape index (κ1) is 7.38. The molecule has 1 aliphatic carbocycles. The number of nitrogens with two attached hydrogens (primary N) is 1. The van der Waals surface area contributed by atoms with Crippen molar-refractivity contribution >= 4 is 5.69 Å². The normalized spacial score (nSPS) is 36.2. The van der Waals surface area contributed by atoms with Gasteiger partial charge < -0.3 is 15.6 Å². The van der Waals surface area contributed by atoms with E-state index >= 15 is 0 Å². The van der Waals surface area contributed by atoms with Crippen molar-refractivity contribution in [2.45, 2.75) is 12.8 Å². The monoisotopic (exact) mass is 179 g/mol. The van der Waals surface area contributed by atoms with E-state index in [9.17, 15) is 0 Å². The van der Waals surface area contributed by atoms with Crippen molar-refractivity contribution in [2.75, 3.05) is 18.8 Å². The van der Waals surface area contributed by atoms with Gasteiger partial charge in [-0.1, -0.05) is 5.16 Å². The van der Waals surface area contributed by atoms with Gasteiger partial charge in [0.2, 0.25) is 0 Å². The molecule has 1 aliphatic heterocycles. The van der Waals surface area contributed by atoms with Crippen LogP contribution >= 0.6 is 0 Å². The van der Waals surface area contributed by atoms with E-state index < -0.39 is 0 Å². The standard InChI is InChI=1S/C9H13N3O/c1-4-8(10)9(12-13-4)7-5-2-11-3-6(5)7/h5-7,11H,2-3,10H2,1H3/t5-,6+,7?. The number of nitrogens with zero attached hydrogens (tertiary/aromatic N) is 1. The summed E-state index contributed by atoms with van der Waals surface area (Å²) in [5.41, 5.74) is 7.63. The van der Waals surface area contributed by atoms with Gasteiger partial charge >= 0.3 is 0 Å². The van der Waals surface area contributed by atoms with Crippen LogP contribution < -0.4 is 11.1 Å². The number of anilines is 1. The fourth-order valence-electron chi connectivity index (χ4n) is 2.46. The van der Waals surface area contributed by atoms with Crippen molar-refractivity contribution < 1.29 is 4.52 Å². The highest BCUT2D eigenvalue weighted by atomic mass is 16.5. The highest BCUT2D eigenvalue weighted by Crippen LogP contribution is 2.56. The number of rotatable bonds is 1. The number of nitrogen functional groups attached to an aromatic ring is 1. The molecule has 3 N–H and O–H groups in total. The summed E-state index contributed by atoms with van der Waals surface area (Å²) in [6, 6.07) is 0. The Balaban J connectivity index is 1.91. The molecule has 2 heterocycles. The maximum Gasteiger partial charge on any atom is 0.156 e. The average molecular weight is 179 g/mol. The van der Waals surface area contributed by atoms with Crippen molar-refractivity contribution in [3.8, 4) is 0 Å². The molecule has 1 saturated carbocycles. The van der Waals surface area contributed by atoms with Gasteiger partial charge in [0.1, 0.15) is 5.69 Å². The van der Waals surface area contributed by atoms with Crippen LogP contribution in [0.1, 0.15) is 17.4 Å². The van der Waals surface area contributed by atoms with Gasteiger partial charge in [-0.2, -0.15) is 0 Å². The minimum absolute atomic E-state index is 0.568. The van der Waals surface area contributed by atoms with Gasteiger partial charge in [0.25, 0.3) is 0 Å². The number of hydrogen-bond donors (Lipinski definition) is 2. The van der Waals surface area contributed by atoms with E-state index in [0.29, 0.717) is 5.92 Å². The van der Waals surface area contributed by atoms with Crippen molar-refractivity contribution in [2.24, 2.45) is 11.8 Å². The second kappa shape index (κ2) is 2.26. The average Bonchev–Trinajstić information content (AvgIpc) is 2.49. The first-order valence-corrected chi connectivity index (χ1v) is 4.71. The van der Waals surface area contributed by atoms with E-state index in [4.69, 9.17) is 10.3 Å². The molecule has 13 heavy (non-hydrogen) atoms. The van der Waals surface area contributed by atoms with E-state index in [1.165, 1.54) is 0 Å². The molecule has 3 rings (SSSR count). The molecule has 0 amide bonds. The van der Waals surface area contributed by atoms with Gasteiger partial charge in [-0.3, -0.25) is 0 Å². The SMILES string of the molecule is Cc1onc(C2[C@H]3CNC[C@@H]23)c1N. The third-order valence-electron chi connectivity index (χ3n) is 3.34. The van der Waals surface area contributed by atoms with Crippen LogP contribution in [0.5, 0.6) is 0 Å². The van der Waals surface area contributed by atoms with Gasteiger partial charge in [0.05, 0.1) is 5.69 Å². The van der Waals surface area contributed by atoms with E-state index in [0.717, 1.165) is 42.1 Å². The van der Waals surface area contributed by atoms with E-state index in [2.05, 4.69) is 10.5 Å². The van der Waals surface area contributed by atoms with Crippen molar-refractivity contribution in [1.29, 1.82) is 0 Å². The van der Waals surface area contributed by atoms with Gasteiger partial charge in [-0.25, -0.2) is 0 Å². The number of piperidine rings is 1. The summed E-state index contributed by atoms with van der Waals surface area (Å²) in [4.78, 5) is 0. The molecule has 1 unspecified atom stereocenters. The Morgan fingerprint density at radius 3 is 2.69 bits per heavy atom. The lowest BCUT2D eigenvalue weighted by molar-refractivity contribution is 0.389. The number of fused-ring (bicyclic) bond motifs is 1. The zero-order valence-electron chi connectivity index (χ0n) is 7.58. The zero-order valence-corrected chi connectivity index (χ0v) is 7.58. The zero-order chi connectivity index (χ0) is 9.00. The lowest BCUT2D eigenvalue weighted by Gasteiger charge is -2.00. The Kier molecular flexibility index (Phi) is 1.28. The highest BCUT2D eigenvalue weighted by molar-refractivity contribution is 5.50. The molecule has 1 aromatic rings. The van der Waals surface area contributed by atoms with Crippen molar-refractivity contribution in [1.82, 2.24) is 10.5 Å². The van der Waals surface area contributed by atoms with Crippen LogP contribution in [0, 0.1) is 18.8 Å². The molecule has 0 radical (unpaired) electrons. The molecule has 0 aromatic carbocycles. The third-order valence-corrected chi connectivity index (χ3v) is 3.34. The van der Waals surface area contributed by atoms with Gasteiger partial charge in [0, 0.05) is 5.92 Å². The van der Waals surface area contributed by atoms with Gasteiger partial charge in [-0.15, -0.1) is 0 Å². The molecule has 3 atom stereocenters. The largest absolute Gasteiger partial charge is 0.394 e. The molecule has 4 nitrogen and oxygen atoms in total. The minimum atomic E-state index is 0.568. The predicted molar refractivity (Wildman–Crippen MR) is 48.2 cm³/mol. The Morgan fingerprint density at radius 2 is 2.15 bits per heavy atom. The van der Waals surface area contributed by atoms with Crippen LogP contribution in [0.4, 0.5) is 5.69 Å². The Labute approximate surface area is 76.5 Å². The number of aryl methyl sites for hydroxylation is 1. The highest BCUT2D eigenvalue weighted by Gasteiger charge is 2.55. The van der Waals surface area contributed by atoms with E-state index in [1.54, 1.807) is 0 Å². The lowest BCUT2D eigenvalue weighted by Crippen LogP contribution is -2.14. The maximum absolute atomic E-state index is 5.87. The molecule has 1 saturated heterocycles. The van der Waals surface area contributed by atoms with E-state index in [1.807, 2.05) is 6.92 Å². The van der Waals surface area contributed by atoms with Crippen molar-refractivity contribution in [3.05, 3.63) is 11.5 Å². The molecule has 0 bridgehead atoms. The van der Waals surface area contributed by atoms with Crippen molar-refractivity contribution in [3.63, 3.8) is 0 Å². The number of aromatic nitrogens is 1. The minimum Gasteiger partial charge on any atom is -0.394 e. The van der Waals surface area contributed by atoms with Crippen LogP contribution in [0.25, 0.3) is 0 Å². The molecule has 0 spiro atoms. The quantitative estimate of drug-likeness (QED) is 0.659. The second-order valence-corrected chi connectivity index (χ2v) is 4.05. The first-order chi connectivity index (χ1) is 6.29. The summed E-state index contributed by atoms with van der Waals surface area (Å²) < 4.78 is 5.07. The molecular formula is C9H13N3O. The molecule has 2 fully saturated rings. The molecule has 2 aliphatic rings.